The van der Waals surface area contributed by atoms with Crippen molar-refractivity contribution in [3.8, 4) is 17.2 Å². The number of hydrogen-bond donors (Lipinski definition) is 1. The van der Waals surface area contributed by atoms with Crippen molar-refractivity contribution in [2.75, 3.05) is 7.11 Å². The van der Waals surface area contributed by atoms with Crippen molar-refractivity contribution < 1.29 is 14.6 Å². The second-order valence-electron chi connectivity index (χ2n) is 3.89. The Bertz CT molecular complexity index is 691. The van der Waals surface area contributed by atoms with Crippen LogP contribution in [0.15, 0.2) is 35.3 Å². The summed E-state index contributed by atoms with van der Waals surface area (Å²) >= 11 is 0. The van der Waals surface area contributed by atoms with Gasteiger partial charge in [0, 0.05) is 13.0 Å². The number of aromatic hydroxyl groups is 1. The average molecular weight is 260 g/mol. The lowest BCUT2D eigenvalue weighted by atomic mass is 10.2. The lowest BCUT2D eigenvalue weighted by molar-refractivity contribution is 0.100. The molecular formula is C13H12N2O4. The fourth-order valence-electron chi connectivity index (χ4n) is 1.59. The van der Waals surface area contributed by atoms with Crippen LogP contribution < -0.4 is 10.2 Å². The molecule has 6 nitrogen and oxygen atoms in total. The molecule has 0 saturated heterocycles. The van der Waals surface area contributed by atoms with Gasteiger partial charge in [-0.25, -0.2) is 4.68 Å². The molecule has 0 fully saturated rings. The third kappa shape index (κ3) is 2.47. The molecule has 6 heteroatoms. The van der Waals surface area contributed by atoms with Crippen molar-refractivity contribution in [1.29, 1.82) is 0 Å². The molecule has 0 aliphatic rings. The van der Waals surface area contributed by atoms with Crippen LogP contribution in [-0.4, -0.2) is 27.8 Å². The Balaban J connectivity index is 2.62. The first-order valence-corrected chi connectivity index (χ1v) is 5.51. The Kier molecular flexibility index (Phi) is 3.33. The van der Waals surface area contributed by atoms with E-state index >= 15 is 0 Å². The van der Waals surface area contributed by atoms with Crippen LogP contribution in [0.4, 0.5) is 0 Å². The summed E-state index contributed by atoms with van der Waals surface area (Å²) in [6.07, 6.45) is 1.16. The minimum atomic E-state index is -0.772. The quantitative estimate of drug-likeness (QED) is 0.837. The van der Waals surface area contributed by atoms with Crippen LogP contribution in [0.5, 0.6) is 11.5 Å². The van der Waals surface area contributed by atoms with E-state index in [0.717, 1.165) is 6.20 Å². The lowest BCUT2D eigenvalue weighted by Gasteiger charge is -2.08. The van der Waals surface area contributed by atoms with Gasteiger partial charge in [0.15, 0.2) is 17.2 Å². The van der Waals surface area contributed by atoms with E-state index in [1.165, 1.54) is 18.7 Å². The fourth-order valence-corrected chi connectivity index (χ4v) is 1.59. The summed E-state index contributed by atoms with van der Waals surface area (Å²) in [7, 11) is 1.52. The van der Waals surface area contributed by atoms with E-state index in [4.69, 9.17) is 4.74 Å². The average Bonchev–Trinajstić information content (AvgIpc) is 2.41. The number of ketones is 1. The highest BCUT2D eigenvalue weighted by Crippen LogP contribution is 2.16. The van der Waals surface area contributed by atoms with E-state index in [-0.39, 0.29) is 5.69 Å². The lowest BCUT2D eigenvalue weighted by Crippen LogP contribution is -2.19. The zero-order chi connectivity index (χ0) is 14.0. The van der Waals surface area contributed by atoms with Crippen LogP contribution in [0.1, 0.15) is 17.4 Å². The number of Topliss-reactive ketones (excluding diaryl/α,β-unsaturated/α-hetero) is 1. The third-order valence-corrected chi connectivity index (χ3v) is 2.55. The topological polar surface area (TPSA) is 81.4 Å². The number of hydrogen-bond acceptors (Lipinski definition) is 5. The van der Waals surface area contributed by atoms with E-state index in [9.17, 15) is 14.7 Å². The van der Waals surface area contributed by atoms with E-state index in [1.807, 2.05) is 0 Å². The smallest absolute Gasteiger partial charge is 0.252 e. The van der Waals surface area contributed by atoms with Gasteiger partial charge in [0.05, 0.1) is 19.0 Å². The molecule has 0 spiro atoms. The number of carbonyl (C=O) groups is 1. The Morgan fingerprint density at radius 1 is 1.42 bits per heavy atom. The summed E-state index contributed by atoms with van der Waals surface area (Å²) in [6, 6.07) is 6.86. The van der Waals surface area contributed by atoms with Crippen molar-refractivity contribution in [3.05, 3.63) is 46.4 Å². The molecule has 0 saturated carbocycles. The normalized spacial score (nSPS) is 10.2. The van der Waals surface area contributed by atoms with Crippen molar-refractivity contribution in [2.45, 2.75) is 6.92 Å². The van der Waals surface area contributed by atoms with Gasteiger partial charge in [-0.15, -0.1) is 0 Å². The molecule has 0 unspecified atom stereocenters. The van der Waals surface area contributed by atoms with E-state index in [1.54, 1.807) is 24.3 Å². The summed E-state index contributed by atoms with van der Waals surface area (Å²) < 4.78 is 6.34. The predicted molar refractivity (Wildman–Crippen MR) is 68.1 cm³/mol. The summed E-state index contributed by atoms with van der Waals surface area (Å²) in [5.41, 5.74) is -0.508. The number of methoxy groups -OCH3 is 1. The molecule has 1 aromatic carbocycles. The van der Waals surface area contributed by atoms with Crippen LogP contribution in [0.3, 0.4) is 0 Å². The van der Waals surface area contributed by atoms with Crippen LogP contribution in [0.25, 0.3) is 5.69 Å². The molecule has 0 aliphatic heterocycles. The molecule has 0 amide bonds. The van der Waals surface area contributed by atoms with Gasteiger partial charge in [0.25, 0.3) is 5.43 Å². The molecule has 0 bridgehead atoms. The molecule has 0 atom stereocenters. The molecular weight excluding hydrogens is 248 g/mol. The molecule has 98 valence electrons. The molecule has 0 aliphatic carbocycles. The zero-order valence-corrected chi connectivity index (χ0v) is 10.5. The van der Waals surface area contributed by atoms with Crippen LogP contribution >= 0.6 is 0 Å². The SMILES string of the molecule is COc1cccc(-n2cc(O)c(=O)c(C(C)=O)n2)c1. The number of ether oxygens (including phenoxy) is 1. The molecule has 2 aromatic rings. The molecule has 2 rings (SSSR count). The minimum Gasteiger partial charge on any atom is -0.503 e. The van der Waals surface area contributed by atoms with Crippen molar-refractivity contribution >= 4 is 5.78 Å². The van der Waals surface area contributed by atoms with Crippen molar-refractivity contribution in [2.24, 2.45) is 0 Å². The monoisotopic (exact) mass is 260 g/mol. The van der Waals surface area contributed by atoms with Crippen molar-refractivity contribution in [1.82, 2.24) is 9.78 Å². The first-order valence-electron chi connectivity index (χ1n) is 5.51. The Morgan fingerprint density at radius 3 is 2.79 bits per heavy atom. The standard InChI is InChI=1S/C13H12N2O4/c1-8(16)12-13(18)11(17)7-15(14-12)9-4-3-5-10(6-9)19-2/h3-7,17H,1-2H3. The molecule has 1 heterocycles. The molecule has 0 radical (unpaired) electrons. The van der Waals surface area contributed by atoms with E-state index in [2.05, 4.69) is 5.10 Å². The van der Waals surface area contributed by atoms with Crippen molar-refractivity contribution in [3.63, 3.8) is 0 Å². The van der Waals surface area contributed by atoms with Crippen LogP contribution in [0.2, 0.25) is 0 Å². The third-order valence-electron chi connectivity index (χ3n) is 2.55. The van der Waals surface area contributed by atoms with Gasteiger partial charge in [-0.05, 0) is 12.1 Å². The predicted octanol–water partition coefficient (Wildman–Crippen LogP) is 1.15. The summed E-state index contributed by atoms with van der Waals surface area (Å²) in [4.78, 5) is 22.9. The van der Waals surface area contributed by atoms with Gasteiger partial charge < -0.3 is 9.84 Å². The maximum absolute atomic E-state index is 11.5. The van der Waals surface area contributed by atoms with E-state index in [0.29, 0.717) is 11.4 Å². The number of carbonyl (C=O) groups excluding carboxylic acids is 1. The van der Waals surface area contributed by atoms with Gasteiger partial charge in [0.1, 0.15) is 5.75 Å². The Hall–Kier alpha value is -2.63. The Labute approximate surface area is 108 Å². The number of rotatable bonds is 3. The second kappa shape index (κ2) is 4.93. The zero-order valence-electron chi connectivity index (χ0n) is 10.5. The van der Waals surface area contributed by atoms with Gasteiger partial charge in [0.2, 0.25) is 0 Å². The highest BCUT2D eigenvalue weighted by molar-refractivity contribution is 5.92. The molecule has 1 N–H and O–H groups in total. The van der Waals surface area contributed by atoms with Crippen LogP contribution in [-0.2, 0) is 0 Å². The maximum atomic E-state index is 11.5. The van der Waals surface area contributed by atoms with E-state index < -0.39 is 17.0 Å². The van der Waals surface area contributed by atoms with Gasteiger partial charge >= 0.3 is 0 Å². The highest BCUT2D eigenvalue weighted by Gasteiger charge is 2.13. The largest absolute Gasteiger partial charge is 0.503 e. The van der Waals surface area contributed by atoms with Gasteiger partial charge in [-0.1, -0.05) is 6.07 Å². The number of aromatic nitrogens is 2. The number of benzene rings is 1. The Morgan fingerprint density at radius 2 is 2.16 bits per heavy atom. The minimum absolute atomic E-state index is 0.303. The highest BCUT2D eigenvalue weighted by atomic mass is 16.5. The maximum Gasteiger partial charge on any atom is 0.252 e. The van der Waals surface area contributed by atoms with Gasteiger partial charge in [-0.2, -0.15) is 5.10 Å². The summed E-state index contributed by atoms with van der Waals surface area (Å²) in [5.74, 6) is -0.428. The summed E-state index contributed by atoms with van der Waals surface area (Å²) in [5, 5.41) is 13.5. The first-order chi connectivity index (χ1) is 9.02. The summed E-state index contributed by atoms with van der Waals surface area (Å²) in [6.45, 7) is 1.22. The molecule has 19 heavy (non-hydrogen) atoms. The van der Waals surface area contributed by atoms with Gasteiger partial charge in [-0.3, -0.25) is 9.59 Å². The molecule has 1 aromatic heterocycles. The van der Waals surface area contributed by atoms with Crippen LogP contribution in [0, 0.1) is 0 Å². The first kappa shape index (κ1) is 12.8. The second-order valence-corrected chi connectivity index (χ2v) is 3.89. The fraction of sp³-hybridized carbons (Fsp3) is 0.154. The number of nitrogens with zero attached hydrogens (tertiary/aromatic N) is 2.